The van der Waals surface area contributed by atoms with Crippen molar-refractivity contribution < 1.29 is 0 Å². The van der Waals surface area contributed by atoms with Gasteiger partial charge in [0.1, 0.15) is 0 Å². The van der Waals surface area contributed by atoms with E-state index in [1.165, 1.54) is 54.2 Å². The van der Waals surface area contributed by atoms with Gasteiger partial charge in [-0.2, -0.15) is 0 Å². The average molecular weight is 585 g/mol. The number of hydrogen-bond acceptors (Lipinski definition) is 2. The van der Waals surface area contributed by atoms with Gasteiger partial charge in [-0.15, -0.1) is 0 Å². The Labute approximate surface area is 267 Å². The van der Waals surface area contributed by atoms with Gasteiger partial charge in [0.2, 0.25) is 0 Å². The lowest BCUT2D eigenvalue weighted by atomic mass is 9.94. The van der Waals surface area contributed by atoms with Crippen LogP contribution in [0.15, 0.2) is 170 Å². The molecule has 2 nitrogen and oxygen atoms in total. The SMILES string of the molecule is c1ccc(-c2nc(-c3cccc(-c4cccc5ccccc45)c3)cc(-c3cccc4c3ccc3cc5ccccc5cc34)n2)cc1. The number of rotatable bonds is 4. The lowest BCUT2D eigenvalue weighted by Gasteiger charge is -2.13. The second-order valence-corrected chi connectivity index (χ2v) is 11.8. The van der Waals surface area contributed by atoms with Crippen molar-refractivity contribution in [1.29, 1.82) is 0 Å². The lowest BCUT2D eigenvalue weighted by Crippen LogP contribution is -1.96. The Hall–Kier alpha value is -6.12. The molecule has 8 aromatic carbocycles. The Morgan fingerprint density at radius 2 is 0.913 bits per heavy atom. The molecule has 0 bridgehead atoms. The minimum absolute atomic E-state index is 0.715. The molecule has 1 heterocycles. The Kier molecular flexibility index (Phi) is 6.17. The third-order valence-electron chi connectivity index (χ3n) is 9.04. The van der Waals surface area contributed by atoms with Gasteiger partial charge in [0.15, 0.2) is 5.82 Å². The van der Waals surface area contributed by atoms with Gasteiger partial charge in [-0.1, -0.05) is 146 Å². The minimum Gasteiger partial charge on any atom is -0.228 e. The number of benzene rings is 8. The van der Waals surface area contributed by atoms with E-state index >= 15 is 0 Å². The van der Waals surface area contributed by atoms with E-state index in [-0.39, 0.29) is 0 Å². The first-order chi connectivity index (χ1) is 22.8. The van der Waals surface area contributed by atoms with Gasteiger partial charge in [0.25, 0.3) is 0 Å². The molecule has 0 aliphatic rings. The second kappa shape index (κ2) is 10.8. The van der Waals surface area contributed by atoms with E-state index < -0.39 is 0 Å². The highest BCUT2D eigenvalue weighted by molar-refractivity contribution is 6.15. The number of nitrogens with zero attached hydrogens (tertiary/aromatic N) is 2. The summed E-state index contributed by atoms with van der Waals surface area (Å²) in [6, 6.07) is 60.4. The summed E-state index contributed by atoms with van der Waals surface area (Å²) >= 11 is 0. The molecular formula is C44H28N2. The molecule has 0 radical (unpaired) electrons. The van der Waals surface area contributed by atoms with E-state index in [9.17, 15) is 0 Å². The predicted molar refractivity (Wildman–Crippen MR) is 194 cm³/mol. The molecule has 0 saturated heterocycles. The molecule has 0 amide bonds. The molecular weight excluding hydrogens is 556 g/mol. The van der Waals surface area contributed by atoms with Crippen molar-refractivity contribution >= 4 is 43.1 Å². The standard InChI is InChI=1S/C44H28N2/c1-2-12-30(13-3-1)44-45-42(35-18-8-17-33(26-35)37-20-9-16-29-11-6-7-19-36(29)37)28-43(46-44)40-22-10-21-38-39(40)24-23-34-25-31-14-4-5-15-32(31)27-41(34)38/h1-28H. The molecule has 0 fully saturated rings. The zero-order valence-corrected chi connectivity index (χ0v) is 25.1. The van der Waals surface area contributed by atoms with Gasteiger partial charge in [0, 0.05) is 16.7 Å². The van der Waals surface area contributed by atoms with Crippen LogP contribution < -0.4 is 0 Å². The van der Waals surface area contributed by atoms with Crippen molar-refractivity contribution in [3.05, 3.63) is 170 Å². The number of fused-ring (bicyclic) bond motifs is 5. The fourth-order valence-corrected chi connectivity index (χ4v) is 6.78. The molecule has 0 saturated carbocycles. The highest BCUT2D eigenvalue weighted by Crippen LogP contribution is 2.37. The van der Waals surface area contributed by atoms with Crippen LogP contribution in [0, 0.1) is 0 Å². The zero-order valence-electron chi connectivity index (χ0n) is 25.1. The summed E-state index contributed by atoms with van der Waals surface area (Å²) in [6.07, 6.45) is 0. The third kappa shape index (κ3) is 4.51. The van der Waals surface area contributed by atoms with Gasteiger partial charge in [0.05, 0.1) is 11.4 Å². The van der Waals surface area contributed by atoms with Crippen molar-refractivity contribution in [2.24, 2.45) is 0 Å². The molecule has 9 rings (SSSR count). The third-order valence-corrected chi connectivity index (χ3v) is 9.04. The van der Waals surface area contributed by atoms with Gasteiger partial charge in [-0.05, 0) is 78.5 Å². The summed E-state index contributed by atoms with van der Waals surface area (Å²) < 4.78 is 0. The Morgan fingerprint density at radius 3 is 1.80 bits per heavy atom. The maximum atomic E-state index is 5.19. The van der Waals surface area contributed by atoms with E-state index in [2.05, 4.69) is 152 Å². The fraction of sp³-hybridized carbons (Fsp3) is 0. The molecule has 1 aromatic heterocycles. The smallest absolute Gasteiger partial charge is 0.160 e. The second-order valence-electron chi connectivity index (χ2n) is 11.8. The highest BCUT2D eigenvalue weighted by Gasteiger charge is 2.15. The largest absolute Gasteiger partial charge is 0.228 e. The van der Waals surface area contributed by atoms with Crippen LogP contribution in [0.5, 0.6) is 0 Å². The van der Waals surface area contributed by atoms with Gasteiger partial charge >= 0.3 is 0 Å². The average Bonchev–Trinajstić information content (AvgIpc) is 3.13. The van der Waals surface area contributed by atoms with E-state index in [1.54, 1.807) is 0 Å². The van der Waals surface area contributed by atoms with Crippen LogP contribution in [0.25, 0.3) is 88.1 Å². The molecule has 0 aliphatic heterocycles. The molecule has 0 atom stereocenters. The Bertz CT molecular complexity index is 2580. The quantitative estimate of drug-likeness (QED) is 0.152. The van der Waals surface area contributed by atoms with E-state index in [0.717, 1.165) is 28.1 Å². The van der Waals surface area contributed by atoms with Crippen LogP contribution >= 0.6 is 0 Å². The summed E-state index contributed by atoms with van der Waals surface area (Å²) in [5, 5.41) is 9.86. The first-order valence-electron chi connectivity index (χ1n) is 15.7. The van der Waals surface area contributed by atoms with Gasteiger partial charge in [-0.3, -0.25) is 0 Å². The fourth-order valence-electron chi connectivity index (χ4n) is 6.78. The lowest BCUT2D eigenvalue weighted by molar-refractivity contribution is 1.18. The Morgan fingerprint density at radius 1 is 0.283 bits per heavy atom. The van der Waals surface area contributed by atoms with E-state index in [0.29, 0.717) is 5.82 Å². The van der Waals surface area contributed by atoms with E-state index in [1.807, 2.05) is 18.2 Å². The van der Waals surface area contributed by atoms with E-state index in [4.69, 9.17) is 9.97 Å². The normalized spacial score (nSPS) is 11.5. The molecule has 214 valence electrons. The topological polar surface area (TPSA) is 25.8 Å². The maximum Gasteiger partial charge on any atom is 0.160 e. The van der Waals surface area contributed by atoms with Crippen molar-refractivity contribution in [3.8, 4) is 45.0 Å². The number of hydrogen-bond donors (Lipinski definition) is 0. The van der Waals surface area contributed by atoms with Crippen LogP contribution in [-0.2, 0) is 0 Å². The molecule has 2 heteroatoms. The molecule has 0 aliphatic carbocycles. The first-order valence-corrected chi connectivity index (χ1v) is 15.7. The van der Waals surface area contributed by atoms with Crippen molar-refractivity contribution in [2.75, 3.05) is 0 Å². The van der Waals surface area contributed by atoms with Crippen LogP contribution in [0.4, 0.5) is 0 Å². The van der Waals surface area contributed by atoms with Crippen LogP contribution in [-0.4, -0.2) is 9.97 Å². The summed E-state index contributed by atoms with van der Waals surface area (Å²) in [5.41, 5.74) is 7.33. The van der Waals surface area contributed by atoms with Crippen LogP contribution in [0.3, 0.4) is 0 Å². The maximum absolute atomic E-state index is 5.19. The molecule has 9 aromatic rings. The van der Waals surface area contributed by atoms with Crippen molar-refractivity contribution in [1.82, 2.24) is 9.97 Å². The summed E-state index contributed by atoms with van der Waals surface area (Å²) in [7, 11) is 0. The summed E-state index contributed by atoms with van der Waals surface area (Å²) in [6.45, 7) is 0. The van der Waals surface area contributed by atoms with Gasteiger partial charge in [-0.25, -0.2) is 9.97 Å². The minimum atomic E-state index is 0.715. The van der Waals surface area contributed by atoms with Crippen LogP contribution in [0.1, 0.15) is 0 Å². The number of aromatic nitrogens is 2. The summed E-state index contributed by atoms with van der Waals surface area (Å²) in [5.74, 6) is 0.715. The molecule has 0 unspecified atom stereocenters. The molecule has 46 heavy (non-hydrogen) atoms. The summed E-state index contributed by atoms with van der Waals surface area (Å²) in [4.78, 5) is 10.3. The molecule has 0 N–H and O–H groups in total. The molecule has 0 spiro atoms. The van der Waals surface area contributed by atoms with Gasteiger partial charge < -0.3 is 0 Å². The Balaban J connectivity index is 1.25. The first kappa shape index (κ1) is 26.3. The van der Waals surface area contributed by atoms with Crippen molar-refractivity contribution in [2.45, 2.75) is 0 Å². The predicted octanol–water partition coefficient (Wildman–Crippen LogP) is 11.8. The van der Waals surface area contributed by atoms with Crippen LogP contribution in [0.2, 0.25) is 0 Å². The highest BCUT2D eigenvalue weighted by atomic mass is 14.9. The zero-order chi connectivity index (χ0) is 30.5. The monoisotopic (exact) mass is 584 g/mol. The van der Waals surface area contributed by atoms with Crippen molar-refractivity contribution in [3.63, 3.8) is 0 Å².